The summed E-state index contributed by atoms with van der Waals surface area (Å²) in [5.74, 6) is -1.89. The molecule has 0 saturated carbocycles. The first-order valence-electron chi connectivity index (χ1n) is 13.8. The van der Waals surface area contributed by atoms with E-state index in [1.807, 2.05) is 23.8 Å². The molecule has 0 radical (unpaired) electrons. The zero-order valence-corrected chi connectivity index (χ0v) is 24.6. The number of nitrogens with one attached hydrogen (secondary N) is 1. The predicted molar refractivity (Wildman–Crippen MR) is 155 cm³/mol. The Labute approximate surface area is 250 Å². The van der Waals surface area contributed by atoms with E-state index in [0.29, 0.717) is 56.0 Å². The Hall–Kier alpha value is -3.69. The van der Waals surface area contributed by atoms with Crippen molar-refractivity contribution in [2.24, 2.45) is 0 Å². The Bertz CT molecular complexity index is 1410. The molecule has 15 heteroatoms. The Morgan fingerprint density at radius 1 is 1.12 bits per heavy atom. The third kappa shape index (κ3) is 8.91. The van der Waals surface area contributed by atoms with Gasteiger partial charge in [-0.15, -0.1) is 0 Å². The topological polar surface area (TPSA) is 115 Å². The number of alkyl halides is 3. The summed E-state index contributed by atoms with van der Waals surface area (Å²) in [5.41, 5.74) is -0.969. The number of hydrogen-bond acceptors (Lipinski definition) is 9. The molecule has 2 aromatic heterocycles. The molecular formula is C28H33F4N7O3S. The fraction of sp³-hybridized carbons (Fsp3) is 0.464. The van der Waals surface area contributed by atoms with Gasteiger partial charge in [-0.25, -0.2) is 19.3 Å². The van der Waals surface area contributed by atoms with E-state index in [-0.39, 0.29) is 28.5 Å². The third-order valence-corrected chi connectivity index (χ3v) is 7.89. The number of carbonyl (C=O) groups is 2. The van der Waals surface area contributed by atoms with Crippen LogP contribution in [-0.2, 0) is 17.5 Å². The highest BCUT2D eigenvalue weighted by molar-refractivity contribution is 7.16. The molecule has 0 aliphatic carbocycles. The van der Waals surface area contributed by atoms with E-state index in [1.54, 1.807) is 0 Å². The fourth-order valence-electron chi connectivity index (χ4n) is 4.60. The predicted octanol–water partition coefficient (Wildman–Crippen LogP) is 4.84. The number of aliphatic carboxylic acids is 1. The van der Waals surface area contributed by atoms with Crippen LogP contribution in [-0.4, -0.2) is 88.1 Å². The summed E-state index contributed by atoms with van der Waals surface area (Å²) in [7, 11) is 1.87. The molecule has 1 aliphatic rings. The molecule has 1 saturated heterocycles. The van der Waals surface area contributed by atoms with E-state index in [2.05, 4.69) is 25.2 Å². The van der Waals surface area contributed by atoms with Crippen molar-refractivity contribution in [3.8, 4) is 11.3 Å². The van der Waals surface area contributed by atoms with E-state index in [4.69, 9.17) is 5.11 Å². The average Bonchev–Trinajstić information content (AvgIpc) is 3.36. The first-order chi connectivity index (χ1) is 20.4. The van der Waals surface area contributed by atoms with Crippen molar-refractivity contribution in [2.75, 3.05) is 56.5 Å². The van der Waals surface area contributed by atoms with Crippen LogP contribution in [0.4, 0.5) is 28.5 Å². The van der Waals surface area contributed by atoms with Gasteiger partial charge in [-0.1, -0.05) is 24.7 Å². The van der Waals surface area contributed by atoms with Crippen LogP contribution in [0.25, 0.3) is 11.3 Å². The van der Waals surface area contributed by atoms with E-state index in [0.717, 1.165) is 42.9 Å². The number of hydrogen-bond donors (Lipinski definition) is 2. The fourth-order valence-corrected chi connectivity index (χ4v) is 5.66. The molecule has 4 rings (SSSR count). The molecular weight excluding hydrogens is 590 g/mol. The lowest BCUT2D eigenvalue weighted by molar-refractivity contribution is -0.138. The van der Waals surface area contributed by atoms with Crippen molar-refractivity contribution in [2.45, 2.75) is 38.9 Å². The van der Waals surface area contributed by atoms with Crippen LogP contribution in [0.15, 0.2) is 30.6 Å². The number of unbranched alkanes of at least 4 members (excludes halogenated alkanes) is 1. The minimum absolute atomic E-state index is 0.0207. The molecule has 1 aliphatic heterocycles. The molecule has 232 valence electrons. The summed E-state index contributed by atoms with van der Waals surface area (Å²) in [6, 6.07) is 2.30. The second-order valence-corrected chi connectivity index (χ2v) is 11.4. The molecule has 0 unspecified atom stereocenters. The maximum atomic E-state index is 14.2. The zero-order chi connectivity index (χ0) is 31.1. The van der Waals surface area contributed by atoms with Gasteiger partial charge in [0.1, 0.15) is 17.3 Å². The van der Waals surface area contributed by atoms with Crippen molar-refractivity contribution in [3.05, 3.63) is 52.5 Å². The lowest BCUT2D eigenvalue weighted by atomic mass is 10.1. The van der Waals surface area contributed by atoms with Crippen molar-refractivity contribution < 1.29 is 32.3 Å². The number of thiazole rings is 1. The van der Waals surface area contributed by atoms with Gasteiger partial charge in [0.2, 0.25) is 0 Å². The van der Waals surface area contributed by atoms with E-state index >= 15 is 0 Å². The number of halogens is 4. The molecule has 43 heavy (non-hydrogen) atoms. The van der Waals surface area contributed by atoms with Gasteiger partial charge in [0.25, 0.3) is 5.91 Å². The molecule has 0 bridgehead atoms. The van der Waals surface area contributed by atoms with E-state index < -0.39 is 29.4 Å². The van der Waals surface area contributed by atoms with Crippen LogP contribution < -0.4 is 10.2 Å². The largest absolute Gasteiger partial charge is 0.481 e. The second kappa shape index (κ2) is 14.2. The van der Waals surface area contributed by atoms with Gasteiger partial charge in [0.15, 0.2) is 5.13 Å². The van der Waals surface area contributed by atoms with Crippen LogP contribution >= 0.6 is 11.3 Å². The van der Waals surface area contributed by atoms with Crippen molar-refractivity contribution in [3.63, 3.8) is 0 Å². The van der Waals surface area contributed by atoms with E-state index in [9.17, 15) is 27.2 Å². The minimum Gasteiger partial charge on any atom is -0.481 e. The minimum atomic E-state index is -4.74. The Morgan fingerprint density at radius 3 is 2.49 bits per heavy atom. The normalized spacial score (nSPS) is 14.3. The molecule has 2 N–H and O–H groups in total. The Morgan fingerprint density at radius 2 is 1.86 bits per heavy atom. The number of amides is 1. The van der Waals surface area contributed by atoms with E-state index in [1.165, 1.54) is 12.4 Å². The summed E-state index contributed by atoms with van der Waals surface area (Å²) in [6.07, 6.45) is 0.0371. The summed E-state index contributed by atoms with van der Waals surface area (Å²) >= 11 is 1.10. The molecule has 1 fully saturated rings. The summed E-state index contributed by atoms with van der Waals surface area (Å²) in [5, 5.41) is 11.7. The standard InChI is InChI=1S/C28H33F4N7O3S/c1-3-4-6-37(2)17-22-25(18-12-19(28(30,31)32)14-20(29)13-18)35-27(43-22)36-26(42)21-15-34-23(16-33-21)39-10-8-38(9-11-39)7-5-24(40)41/h12-16H,3-11,17H2,1-2H3,(H,40,41)(H,35,36,42). The van der Waals surface area contributed by atoms with Gasteiger partial charge >= 0.3 is 12.1 Å². The van der Waals surface area contributed by atoms with Crippen LogP contribution in [0.5, 0.6) is 0 Å². The Kier molecular flexibility index (Phi) is 10.6. The number of anilines is 2. The first kappa shape index (κ1) is 32.2. The van der Waals surface area contributed by atoms with Crippen LogP contribution in [0.2, 0.25) is 0 Å². The highest BCUT2D eigenvalue weighted by atomic mass is 32.1. The molecule has 1 aromatic carbocycles. The van der Waals surface area contributed by atoms with Crippen molar-refractivity contribution >= 4 is 34.2 Å². The highest BCUT2D eigenvalue weighted by Crippen LogP contribution is 2.37. The maximum absolute atomic E-state index is 14.2. The van der Waals surface area contributed by atoms with Crippen molar-refractivity contribution in [1.82, 2.24) is 24.8 Å². The van der Waals surface area contributed by atoms with Gasteiger partial charge < -0.3 is 14.9 Å². The molecule has 1 amide bonds. The lowest BCUT2D eigenvalue weighted by Gasteiger charge is -2.34. The van der Waals surface area contributed by atoms with Gasteiger partial charge in [-0.2, -0.15) is 13.2 Å². The highest BCUT2D eigenvalue weighted by Gasteiger charge is 2.32. The van der Waals surface area contributed by atoms with Crippen LogP contribution in [0.1, 0.15) is 47.1 Å². The monoisotopic (exact) mass is 623 g/mol. The second-order valence-electron chi connectivity index (χ2n) is 10.3. The lowest BCUT2D eigenvalue weighted by Crippen LogP contribution is -2.47. The molecule has 10 nitrogen and oxygen atoms in total. The molecule has 3 heterocycles. The number of benzene rings is 1. The average molecular weight is 624 g/mol. The SMILES string of the molecule is CCCCN(C)Cc1sc(NC(=O)c2cnc(N3CCN(CCC(=O)O)CC3)cn2)nc1-c1cc(F)cc(C(F)(F)F)c1. The molecule has 0 atom stereocenters. The quantitative estimate of drug-likeness (QED) is 0.274. The zero-order valence-electron chi connectivity index (χ0n) is 23.8. The number of piperazine rings is 1. The first-order valence-corrected chi connectivity index (χ1v) is 14.6. The van der Waals surface area contributed by atoms with Gasteiger partial charge in [-0.05, 0) is 38.2 Å². The number of carboxylic acid groups (broad SMARTS) is 1. The summed E-state index contributed by atoms with van der Waals surface area (Å²) in [6.45, 7) is 6.23. The number of rotatable bonds is 12. The third-order valence-electron chi connectivity index (χ3n) is 6.93. The maximum Gasteiger partial charge on any atom is 0.416 e. The van der Waals surface area contributed by atoms with Crippen LogP contribution in [0, 0.1) is 5.82 Å². The number of carbonyl (C=O) groups excluding carboxylic acids is 1. The van der Waals surface area contributed by atoms with Crippen molar-refractivity contribution in [1.29, 1.82) is 0 Å². The smallest absolute Gasteiger partial charge is 0.416 e. The van der Waals surface area contributed by atoms with Gasteiger partial charge in [0.05, 0.1) is 30.1 Å². The molecule has 3 aromatic rings. The number of nitrogens with zero attached hydrogens (tertiary/aromatic N) is 6. The summed E-state index contributed by atoms with van der Waals surface area (Å²) in [4.78, 5) is 43.4. The Balaban J connectivity index is 1.49. The summed E-state index contributed by atoms with van der Waals surface area (Å²) < 4.78 is 54.5. The van der Waals surface area contributed by atoms with Crippen LogP contribution in [0.3, 0.4) is 0 Å². The molecule has 0 spiro atoms. The van der Waals surface area contributed by atoms with Gasteiger partial charge in [-0.3, -0.25) is 19.8 Å². The number of carboxylic acids is 1. The number of aromatic nitrogens is 3. The van der Waals surface area contributed by atoms with Gasteiger partial charge in [0, 0.05) is 49.7 Å².